The van der Waals surface area contributed by atoms with Gasteiger partial charge in [0.2, 0.25) is 5.91 Å². The first-order valence-electron chi connectivity index (χ1n) is 8.10. The number of halogens is 1. The van der Waals surface area contributed by atoms with Crippen LogP contribution in [-0.4, -0.2) is 50.1 Å². The van der Waals surface area contributed by atoms with Crippen LogP contribution in [0.25, 0.3) is 0 Å². The van der Waals surface area contributed by atoms with Gasteiger partial charge < -0.3 is 15.1 Å². The maximum Gasteiger partial charge on any atom is 0.229 e. The Kier molecular flexibility index (Phi) is 4.59. The second-order valence-corrected chi connectivity index (χ2v) is 6.98. The smallest absolute Gasteiger partial charge is 0.229 e. The standard InChI is InChI=1S/C17H24ClN3O/c1-17(7-4-8-19-13-17)16(22)21-11-9-20(10-12-21)15-6-3-2-5-14(15)18/h2-3,5-6,19H,4,7-13H2,1H3. The summed E-state index contributed by atoms with van der Waals surface area (Å²) in [6.07, 6.45) is 2.07. The molecule has 0 bridgehead atoms. The molecule has 22 heavy (non-hydrogen) atoms. The molecule has 120 valence electrons. The van der Waals surface area contributed by atoms with Gasteiger partial charge in [0.15, 0.2) is 0 Å². The number of hydrogen-bond acceptors (Lipinski definition) is 3. The molecule has 0 aromatic heterocycles. The third-order valence-corrected chi connectivity index (χ3v) is 5.19. The third-order valence-electron chi connectivity index (χ3n) is 4.87. The Morgan fingerprint density at radius 1 is 1.23 bits per heavy atom. The molecule has 2 saturated heterocycles. The van der Waals surface area contributed by atoms with Gasteiger partial charge in [0, 0.05) is 32.7 Å². The largest absolute Gasteiger partial charge is 0.367 e. The van der Waals surface area contributed by atoms with Crippen LogP contribution in [0.4, 0.5) is 5.69 Å². The van der Waals surface area contributed by atoms with E-state index in [0.29, 0.717) is 5.91 Å². The van der Waals surface area contributed by atoms with E-state index < -0.39 is 0 Å². The first-order chi connectivity index (χ1) is 10.6. The molecule has 4 nitrogen and oxygen atoms in total. The molecule has 0 spiro atoms. The van der Waals surface area contributed by atoms with E-state index in [9.17, 15) is 4.79 Å². The lowest BCUT2D eigenvalue weighted by atomic mass is 9.81. The molecule has 1 amide bonds. The van der Waals surface area contributed by atoms with E-state index in [2.05, 4.69) is 17.1 Å². The molecule has 2 aliphatic heterocycles. The lowest BCUT2D eigenvalue weighted by Gasteiger charge is -2.42. The zero-order valence-corrected chi connectivity index (χ0v) is 13.9. The fraction of sp³-hybridized carbons (Fsp3) is 0.588. The molecule has 1 unspecified atom stereocenters. The van der Waals surface area contributed by atoms with Crippen LogP contribution in [0.1, 0.15) is 19.8 Å². The Labute approximate surface area is 137 Å². The van der Waals surface area contributed by atoms with Crippen LogP contribution >= 0.6 is 11.6 Å². The zero-order valence-electron chi connectivity index (χ0n) is 13.1. The summed E-state index contributed by atoms with van der Waals surface area (Å²) >= 11 is 6.27. The average Bonchev–Trinajstić information content (AvgIpc) is 2.55. The highest BCUT2D eigenvalue weighted by Crippen LogP contribution is 2.30. The van der Waals surface area contributed by atoms with Gasteiger partial charge in [-0.1, -0.05) is 23.7 Å². The number of benzene rings is 1. The number of piperidine rings is 1. The third kappa shape index (κ3) is 3.08. The molecule has 2 heterocycles. The van der Waals surface area contributed by atoms with Gasteiger partial charge in [-0.05, 0) is 38.4 Å². The van der Waals surface area contributed by atoms with E-state index in [1.165, 1.54) is 0 Å². The van der Waals surface area contributed by atoms with E-state index in [1.54, 1.807) is 0 Å². The molecule has 1 aromatic rings. The van der Waals surface area contributed by atoms with E-state index in [0.717, 1.165) is 62.8 Å². The second-order valence-electron chi connectivity index (χ2n) is 6.57. The highest BCUT2D eigenvalue weighted by Gasteiger charge is 2.38. The fourth-order valence-corrected chi connectivity index (χ4v) is 3.73. The minimum absolute atomic E-state index is 0.231. The van der Waals surface area contributed by atoms with Gasteiger partial charge >= 0.3 is 0 Å². The number of hydrogen-bond donors (Lipinski definition) is 1. The number of para-hydroxylation sites is 1. The number of anilines is 1. The summed E-state index contributed by atoms with van der Waals surface area (Å²) in [4.78, 5) is 17.1. The number of piperazine rings is 1. The van der Waals surface area contributed by atoms with Crippen molar-refractivity contribution >= 4 is 23.2 Å². The molecule has 0 radical (unpaired) electrons. The molecular formula is C17H24ClN3O. The Balaban J connectivity index is 1.62. The number of carbonyl (C=O) groups is 1. The van der Waals surface area contributed by atoms with Crippen molar-refractivity contribution < 1.29 is 4.79 Å². The molecule has 1 N–H and O–H groups in total. The summed E-state index contributed by atoms with van der Waals surface area (Å²) in [7, 11) is 0. The first kappa shape index (κ1) is 15.6. The molecule has 2 aliphatic rings. The van der Waals surface area contributed by atoms with Crippen molar-refractivity contribution in [3.05, 3.63) is 29.3 Å². The van der Waals surface area contributed by atoms with Crippen molar-refractivity contribution in [2.75, 3.05) is 44.2 Å². The molecule has 1 atom stereocenters. The fourth-order valence-electron chi connectivity index (χ4n) is 3.48. The molecule has 0 aliphatic carbocycles. The molecule has 0 saturated carbocycles. The van der Waals surface area contributed by atoms with Crippen molar-refractivity contribution in [2.45, 2.75) is 19.8 Å². The molecule has 2 fully saturated rings. The lowest BCUT2D eigenvalue weighted by Crippen LogP contribution is -2.56. The van der Waals surface area contributed by atoms with Gasteiger partial charge in [0.25, 0.3) is 0 Å². The maximum absolute atomic E-state index is 12.8. The number of rotatable bonds is 2. The van der Waals surface area contributed by atoms with E-state index in [4.69, 9.17) is 11.6 Å². The van der Waals surface area contributed by atoms with Crippen LogP contribution in [0.5, 0.6) is 0 Å². The summed E-state index contributed by atoms with van der Waals surface area (Å²) in [6, 6.07) is 7.92. The van der Waals surface area contributed by atoms with Gasteiger partial charge in [0.05, 0.1) is 16.1 Å². The van der Waals surface area contributed by atoms with E-state index in [1.807, 2.05) is 29.2 Å². The number of nitrogens with one attached hydrogen (secondary N) is 1. The van der Waals surface area contributed by atoms with Gasteiger partial charge in [-0.25, -0.2) is 0 Å². The van der Waals surface area contributed by atoms with Crippen LogP contribution in [-0.2, 0) is 4.79 Å². The molecule has 1 aromatic carbocycles. The average molecular weight is 322 g/mol. The van der Waals surface area contributed by atoms with Crippen molar-refractivity contribution in [2.24, 2.45) is 5.41 Å². The second kappa shape index (κ2) is 6.47. The maximum atomic E-state index is 12.8. The first-order valence-corrected chi connectivity index (χ1v) is 8.47. The summed E-state index contributed by atoms with van der Waals surface area (Å²) in [5, 5.41) is 4.15. The summed E-state index contributed by atoms with van der Waals surface area (Å²) in [5.74, 6) is 0.304. The van der Waals surface area contributed by atoms with Gasteiger partial charge in [-0.2, -0.15) is 0 Å². The summed E-state index contributed by atoms with van der Waals surface area (Å²) in [5.41, 5.74) is 0.840. The number of carbonyl (C=O) groups excluding carboxylic acids is 1. The highest BCUT2D eigenvalue weighted by atomic mass is 35.5. The SMILES string of the molecule is CC1(C(=O)N2CCN(c3ccccc3Cl)CC2)CCCNC1. The van der Waals surface area contributed by atoms with Gasteiger partial charge in [-0.15, -0.1) is 0 Å². The van der Waals surface area contributed by atoms with Gasteiger partial charge in [0.1, 0.15) is 0 Å². The van der Waals surface area contributed by atoms with Crippen LogP contribution in [0.3, 0.4) is 0 Å². The molecule has 3 rings (SSSR count). The van der Waals surface area contributed by atoms with Crippen molar-refractivity contribution in [1.82, 2.24) is 10.2 Å². The number of nitrogens with zero attached hydrogens (tertiary/aromatic N) is 2. The lowest BCUT2D eigenvalue weighted by molar-refractivity contribution is -0.142. The monoisotopic (exact) mass is 321 g/mol. The Bertz CT molecular complexity index is 534. The Hall–Kier alpha value is -1.26. The van der Waals surface area contributed by atoms with Crippen molar-refractivity contribution in [1.29, 1.82) is 0 Å². The minimum Gasteiger partial charge on any atom is -0.367 e. The van der Waals surface area contributed by atoms with Crippen molar-refractivity contribution in [3.63, 3.8) is 0 Å². The predicted octanol–water partition coefficient (Wildman–Crippen LogP) is 2.38. The van der Waals surface area contributed by atoms with Crippen LogP contribution in [0, 0.1) is 5.41 Å². The van der Waals surface area contributed by atoms with E-state index >= 15 is 0 Å². The number of amides is 1. The zero-order chi connectivity index (χ0) is 15.6. The van der Waals surface area contributed by atoms with E-state index in [-0.39, 0.29) is 5.41 Å². The summed E-state index contributed by atoms with van der Waals surface area (Å²) < 4.78 is 0. The van der Waals surface area contributed by atoms with Crippen LogP contribution in [0.15, 0.2) is 24.3 Å². The highest BCUT2D eigenvalue weighted by molar-refractivity contribution is 6.33. The molecule has 5 heteroatoms. The van der Waals surface area contributed by atoms with Gasteiger partial charge in [-0.3, -0.25) is 4.79 Å². The van der Waals surface area contributed by atoms with Crippen LogP contribution < -0.4 is 10.2 Å². The Morgan fingerprint density at radius 2 is 1.95 bits per heavy atom. The Morgan fingerprint density at radius 3 is 2.59 bits per heavy atom. The minimum atomic E-state index is -0.231. The summed E-state index contributed by atoms with van der Waals surface area (Å²) in [6.45, 7) is 7.18. The molecular weight excluding hydrogens is 298 g/mol. The van der Waals surface area contributed by atoms with Crippen molar-refractivity contribution in [3.8, 4) is 0 Å². The predicted molar refractivity (Wildman–Crippen MR) is 90.5 cm³/mol. The quantitative estimate of drug-likeness (QED) is 0.908. The normalized spacial score (nSPS) is 26.1. The topological polar surface area (TPSA) is 35.6 Å². The van der Waals surface area contributed by atoms with Crippen LogP contribution in [0.2, 0.25) is 5.02 Å².